The van der Waals surface area contributed by atoms with E-state index in [4.69, 9.17) is 14.2 Å². The summed E-state index contributed by atoms with van der Waals surface area (Å²) in [6.45, 7) is 11.9. The van der Waals surface area contributed by atoms with Gasteiger partial charge >= 0.3 is 5.97 Å². The van der Waals surface area contributed by atoms with Gasteiger partial charge in [-0.2, -0.15) is 0 Å². The van der Waals surface area contributed by atoms with Crippen LogP contribution in [0.4, 0.5) is 0 Å². The van der Waals surface area contributed by atoms with E-state index in [9.17, 15) is 14.7 Å². The van der Waals surface area contributed by atoms with E-state index in [1.165, 1.54) is 0 Å². The van der Waals surface area contributed by atoms with Gasteiger partial charge in [-0.1, -0.05) is 52.2 Å². The Hall–Kier alpha value is -1.24. The summed E-state index contributed by atoms with van der Waals surface area (Å²) < 4.78 is 19.1. The van der Waals surface area contributed by atoms with Crippen molar-refractivity contribution in [3.63, 3.8) is 0 Å². The summed E-state index contributed by atoms with van der Waals surface area (Å²) in [5, 5.41) is 11.1. The number of carbonyl (C=O) groups excluding carboxylic acids is 1. The van der Waals surface area contributed by atoms with Crippen LogP contribution >= 0.6 is 0 Å². The molecular formula is C30H44O6. The number of ether oxygens (including phenoxy) is 3. The van der Waals surface area contributed by atoms with Gasteiger partial charge in [0.1, 0.15) is 11.7 Å². The zero-order valence-corrected chi connectivity index (χ0v) is 22.6. The van der Waals surface area contributed by atoms with Crippen LogP contribution in [-0.2, 0) is 23.8 Å². The van der Waals surface area contributed by atoms with Crippen molar-refractivity contribution < 1.29 is 28.9 Å². The predicted octanol–water partition coefficient (Wildman–Crippen LogP) is 5.10. The van der Waals surface area contributed by atoms with Crippen LogP contribution in [0.5, 0.6) is 0 Å². The Labute approximate surface area is 215 Å². The van der Waals surface area contributed by atoms with Crippen molar-refractivity contribution in [2.24, 2.45) is 57.7 Å². The molecule has 5 fully saturated rings. The van der Waals surface area contributed by atoms with Gasteiger partial charge in [-0.25, -0.2) is 0 Å². The molecular weight excluding hydrogens is 456 g/mol. The zero-order chi connectivity index (χ0) is 25.6. The fraction of sp³-hybridized carbons (Fsp3) is 0.867. The number of allylic oxidation sites excluding steroid dienone is 1. The Morgan fingerprint density at radius 3 is 2.69 bits per heavy atom. The van der Waals surface area contributed by atoms with Crippen molar-refractivity contribution in [2.45, 2.75) is 91.6 Å². The third-order valence-corrected chi connectivity index (χ3v) is 12.0. The number of hydrogen-bond acceptors (Lipinski definition) is 5. The molecule has 0 aromatic carbocycles. The first-order chi connectivity index (χ1) is 17.2. The first-order valence-electron chi connectivity index (χ1n) is 14.5. The molecule has 4 aliphatic carbocycles. The van der Waals surface area contributed by atoms with Gasteiger partial charge in [-0.3, -0.25) is 4.79 Å². The van der Waals surface area contributed by atoms with Gasteiger partial charge in [0.05, 0.1) is 30.8 Å². The van der Waals surface area contributed by atoms with E-state index < -0.39 is 22.2 Å². The summed E-state index contributed by atoms with van der Waals surface area (Å²) in [6.07, 6.45) is 8.44. The minimum absolute atomic E-state index is 0.0412. The molecule has 6 rings (SSSR count). The topological polar surface area (TPSA) is 82.1 Å². The van der Waals surface area contributed by atoms with Crippen LogP contribution in [0, 0.1) is 57.7 Å². The number of aldehydes is 1. The number of hydrogen-bond donors (Lipinski definition) is 1. The van der Waals surface area contributed by atoms with Crippen molar-refractivity contribution in [1.82, 2.24) is 0 Å². The van der Waals surface area contributed by atoms with Gasteiger partial charge in [0, 0.05) is 11.8 Å². The molecule has 200 valence electrons. The second-order valence-corrected chi connectivity index (χ2v) is 13.4. The summed E-state index contributed by atoms with van der Waals surface area (Å²) in [6, 6.07) is 0. The van der Waals surface area contributed by atoms with Crippen molar-refractivity contribution in [2.75, 3.05) is 13.2 Å². The van der Waals surface area contributed by atoms with E-state index in [-0.39, 0.29) is 36.3 Å². The van der Waals surface area contributed by atoms with Crippen molar-refractivity contribution in [1.29, 1.82) is 0 Å². The lowest BCUT2D eigenvalue weighted by atomic mass is 9.43. The van der Waals surface area contributed by atoms with E-state index >= 15 is 0 Å². The van der Waals surface area contributed by atoms with Crippen LogP contribution in [-0.4, -0.2) is 49.1 Å². The molecule has 1 N–H and O–H groups in total. The van der Waals surface area contributed by atoms with Crippen LogP contribution in [0.1, 0.15) is 73.1 Å². The van der Waals surface area contributed by atoms with E-state index in [2.05, 4.69) is 40.7 Å². The quantitative estimate of drug-likeness (QED) is 0.387. The van der Waals surface area contributed by atoms with Crippen LogP contribution in [0.25, 0.3) is 0 Å². The van der Waals surface area contributed by atoms with Crippen LogP contribution < -0.4 is 0 Å². The normalized spacial score (nSPS) is 52.8. The number of carboxylic acids is 1. The lowest BCUT2D eigenvalue weighted by molar-refractivity contribution is -0.251. The summed E-state index contributed by atoms with van der Waals surface area (Å²) >= 11 is 0. The average molecular weight is 501 g/mol. The smallest absolute Gasteiger partial charge is 0.315 e. The van der Waals surface area contributed by atoms with Gasteiger partial charge < -0.3 is 24.1 Å². The fourth-order valence-electron chi connectivity index (χ4n) is 10.6. The molecule has 6 nitrogen and oxygen atoms in total. The van der Waals surface area contributed by atoms with Crippen LogP contribution in [0.3, 0.4) is 0 Å². The van der Waals surface area contributed by atoms with Crippen molar-refractivity contribution >= 4 is 12.3 Å². The number of carbonyl (C=O) groups is 2. The number of fused-ring (bicyclic) bond motifs is 3. The molecule has 6 aliphatic rings. The molecule has 2 heterocycles. The zero-order valence-electron chi connectivity index (χ0n) is 22.6. The molecule has 7 unspecified atom stereocenters. The highest BCUT2D eigenvalue weighted by molar-refractivity contribution is 5.90. The SMILES string of the molecule is CC[C@H]1COC2C1C[C@H](OCC13CC4C(CC[C@H]4C)[C@]4(C=O)CC1C=C(C(C)C)C34C(=O)O)O[C@@H]2C. The molecule has 2 aliphatic heterocycles. The lowest BCUT2D eigenvalue weighted by Crippen LogP contribution is -2.63. The molecule has 0 spiro atoms. The van der Waals surface area contributed by atoms with Crippen molar-refractivity contribution in [3.05, 3.63) is 11.6 Å². The van der Waals surface area contributed by atoms with Gasteiger partial charge in [0.2, 0.25) is 0 Å². The van der Waals surface area contributed by atoms with E-state index in [0.29, 0.717) is 36.7 Å². The third-order valence-electron chi connectivity index (χ3n) is 12.0. The van der Waals surface area contributed by atoms with Crippen LogP contribution in [0.15, 0.2) is 11.6 Å². The highest BCUT2D eigenvalue weighted by Gasteiger charge is 2.84. The minimum atomic E-state index is -1.18. The van der Waals surface area contributed by atoms with Crippen LogP contribution in [0.2, 0.25) is 0 Å². The molecule has 3 saturated carbocycles. The lowest BCUT2D eigenvalue weighted by Gasteiger charge is -2.58. The molecule has 0 aromatic heterocycles. The first kappa shape index (κ1) is 25.1. The van der Waals surface area contributed by atoms with E-state index in [1.807, 2.05) is 0 Å². The summed E-state index contributed by atoms with van der Waals surface area (Å²) in [5.74, 6) is 1.28. The Morgan fingerprint density at radius 2 is 2.03 bits per heavy atom. The second kappa shape index (κ2) is 8.38. The Balaban J connectivity index is 1.37. The van der Waals surface area contributed by atoms with Gasteiger partial charge in [0.15, 0.2) is 6.29 Å². The Kier molecular flexibility index (Phi) is 5.83. The molecule has 0 radical (unpaired) electrons. The molecule has 4 bridgehead atoms. The molecule has 12 atom stereocenters. The van der Waals surface area contributed by atoms with Gasteiger partial charge in [-0.05, 0) is 67.6 Å². The Bertz CT molecular complexity index is 959. The Morgan fingerprint density at radius 1 is 1.25 bits per heavy atom. The number of aliphatic carboxylic acids is 1. The summed E-state index contributed by atoms with van der Waals surface area (Å²) in [7, 11) is 0. The molecule has 36 heavy (non-hydrogen) atoms. The van der Waals surface area contributed by atoms with Gasteiger partial charge in [0.25, 0.3) is 0 Å². The molecule has 0 aromatic rings. The van der Waals surface area contributed by atoms with Gasteiger partial charge in [-0.15, -0.1) is 0 Å². The average Bonchev–Trinajstić information content (AvgIpc) is 3.55. The third kappa shape index (κ3) is 2.85. The molecule has 2 saturated heterocycles. The number of rotatable bonds is 7. The largest absolute Gasteiger partial charge is 0.481 e. The highest BCUT2D eigenvalue weighted by atomic mass is 16.7. The van der Waals surface area contributed by atoms with Crippen molar-refractivity contribution in [3.8, 4) is 0 Å². The van der Waals surface area contributed by atoms with E-state index in [0.717, 1.165) is 50.6 Å². The monoisotopic (exact) mass is 500 g/mol. The molecule has 6 heteroatoms. The second-order valence-electron chi connectivity index (χ2n) is 13.4. The molecule has 0 amide bonds. The summed E-state index contributed by atoms with van der Waals surface area (Å²) in [5.41, 5.74) is -1.66. The first-order valence-corrected chi connectivity index (χ1v) is 14.5. The summed E-state index contributed by atoms with van der Waals surface area (Å²) in [4.78, 5) is 26.8. The highest BCUT2D eigenvalue weighted by Crippen LogP contribution is 2.82. The standard InChI is InChI=1S/C30H44O6/c1-6-19-13-34-26-18(5)36-25(10-21(19)26)35-15-29-12-22-17(4)7-8-23(22)28(14-31)11-20(29)9-24(16(2)3)30(28,29)27(32)33/h9,14,16-23,25-26H,6-8,10-13,15H2,1-5H3,(H,32,33)/t17-,18-,19+,20?,21?,22?,23?,25-,26?,28-,29?,30?/m1/s1. The predicted molar refractivity (Wildman–Crippen MR) is 134 cm³/mol. The maximum absolute atomic E-state index is 13.6. The minimum Gasteiger partial charge on any atom is -0.481 e. The maximum atomic E-state index is 13.6. The number of carboxylic acid groups (broad SMARTS) is 1. The van der Waals surface area contributed by atoms with E-state index in [1.54, 1.807) is 0 Å². The maximum Gasteiger partial charge on any atom is 0.315 e. The fourth-order valence-corrected chi connectivity index (χ4v) is 10.6.